The maximum atomic E-state index is 13.3. The van der Waals surface area contributed by atoms with Gasteiger partial charge in [0.1, 0.15) is 0 Å². The Morgan fingerprint density at radius 2 is 1.61 bits per heavy atom. The molecule has 2 aliphatic rings. The fourth-order valence-electron chi connectivity index (χ4n) is 3.40. The SMILES string of the molecule is N#C/N=C1\c2cc(C(F)(F)F)c(C#N)cc2C2=CC(C#N)=C(C(F)(F)F)CC21. The summed E-state index contributed by atoms with van der Waals surface area (Å²) in [5, 5.41) is 27.0. The predicted octanol–water partition coefficient (Wildman–Crippen LogP) is 4.65. The van der Waals surface area contributed by atoms with Gasteiger partial charge >= 0.3 is 12.4 Å². The minimum absolute atomic E-state index is 0.0533. The lowest BCUT2D eigenvalue weighted by Crippen LogP contribution is -2.22. The molecule has 4 nitrogen and oxygen atoms in total. The summed E-state index contributed by atoms with van der Waals surface area (Å²) in [5.41, 5.74) is -4.05. The van der Waals surface area contributed by atoms with Crippen LogP contribution in [0.3, 0.4) is 0 Å². The molecule has 0 fully saturated rings. The molecule has 0 aromatic heterocycles. The molecule has 0 saturated carbocycles. The number of hydrogen-bond donors (Lipinski definition) is 0. The van der Waals surface area contributed by atoms with Crippen LogP contribution in [0.4, 0.5) is 26.3 Å². The van der Waals surface area contributed by atoms with Gasteiger partial charge in [0.25, 0.3) is 0 Å². The molecule has 0 N–H and O–H groups in total. The lowest BCUT2D eigenvalue weighted by Gasteiger charge is -2.23. The Bertz CT molecular complexity index is 1100. The molecule has 0 heterocycles. The third kappa shape index (κ3) is 2.91. The maximum Gasteiger partial charge on any atom is 0.417 e. The van der Waals surface area contributed by atoms with E-state index >= 15 is 0 Å². The minimum Gasteiger partial charge on any atom is -0.192 e. The molecule has 0 amide bonds. The van der Waals surface area contributed by atoms with Crippen LogP contribution in [0.2, 0.25) is 0 Å². The van der Waals surface area contributed by atoms with Crippen molar-refractivity contribution in [3.63, 3.8) is 0 Å². The summed E-state index contributed by atoms with van der Waals surface area (Å²) in [6, 6.07) is 4.39. The zero-order valence-electron chi connectivity index (χ0n) is 13.6. The number of alkyl halides is 6. The van der Waals surface area contributed by atoms with Gasteiger partial charge in [0.15, 0.2) is 0 Å². The number of nitriles is 3. The number of nitrogens with zero attached hydrogens (tertiary/aromatic N) is 4. The number of benzene rings is 1. The monoisotopic (exact) mass is 392 g/mol. The fraction of sp³-hybridized carbons (Fsp3) is 0.222. The summed E-state index contributed by atoms with van der Waals surface area (Å²) in [6.45, 7) is 0. The van der Waals surface area contributed by atoms with Gasteiger partial charge in [-0.05, 0) is 35.8 Å². The Hall–Kier alpha value is -3.58. The van der Waals surface area contributed by atoms with Gasteiger partial charge in [-0.3, -0.25) is 0 Å². The summed E-state index contributed by atoms with van der Waals surface area (Å²) >= 11 is 0. The van der Waals surface area contributed by atoms with Crippen molar-refractivity contribution in [1.29, 1.82) is 15.8 Å². The van der Waals surface area contributed by atoms with Crippen LogP contribution < -0.4 is 0 Å². The molecule has 140 valence electrons. The van der Waals surface area contributed by atoms with Crippen molar-refractivity contribution < 1.29 is 26.3 Å². The van der Waals surface area contributed by atoms with E-state index in [4.69, 9.17) is 15.8 Å². The summed E-state index contributed by atoms with van der Waals surface area (Å²) in [5.74, 6) is -1.14. The van der Waals surface area contributed by atoms with Gasteiger partial charge in [0, 0.05) is 11.5 Å². The first-order valence-electron chi connectivity index (χ1n) is 7.57. The average Bonchev–Trinajstić information content (AvgIpc) is 2.91. The normalized spacial score (nSPS) is 20.0. The van der Waals surface area contributed by atoms with Crippen molar-refractivity contribution in [3.8, 4) is 18.3 Å². The first kappa shape index (κ1) is 19.2. The number of allylic oxidation sites excluding steroid dienone is 4. The van der Waals surface area contributed by atoms with Crippen molar-refractivity contribution in [2.45, 2.75) is 18.8 Å². The van der Waals surface area contributed by atoms with Crippen LogP contribution in [-0.2, 0) is 6.18 Å². The van der Waals surface area contributed by atoms with E-state index in [1.54, 1.807) is 0 Å². The summed E-state index contributed by atoms with van der Waals surface area (Å²) in [7, 11) is 0. The zero-order chi connectivity index (χ0) is 20.9. The Balaban J connectivity index is 2.33. The van der Waals surface area contributed by atoms with Crippen LogP contribution in [0.25, 0.3) is 5.57 Å². The molecule has 0 aliphatic heterocycles. The quantitative estimate of drug-likeness (QED) is 0.476. The largest absolute Gasteiger partial charge is 0.417 e. The van der Waals surface area contributed by atoms with E-state index in [1.165, 1.54) is 18.3 Å². The molecule has 1 aromatic carbocycles. The van der Waals surface area contributed by atoms with Gasteiger partial charge in [-0.25, -0.2) is 0 Å². The molecule has 1 atom stereocenters. The molecule has 0 saturated heterocycles. The van der Waals surface area contributed by atoms with Crippen molar-refractivity contribution in [2.24, 2.45) is 10.9 Å². The topological polar surface area (TPSA) is 83.7 Å². The van der Waals surface area contributed by atoms with Crippen molar-refractivity contribution in [2.75, 3.05) is 0 Å². The van der Waals surface area contributed by atoms with Crippen LogP contribution >= 0.6 is 0 Å². The van der Waals surface area contributed by atoms with Gasteiger partial charge in [0.2, 0.25) is 6.19 Å². The van der Waals surface area contributed by atoms with Gasteiger partial charge in [-0.2, -0.15) is 47.1 Å². The Morgan fingerprint density at radius 3 is 2.11 bits per heavy atom. The number of halogens is 6. The van der Waals surface area contributed by atoms with E-state index in [0.717, 1.165) is 12.1 Å². The highest BCUT2D eigenvalue weighted by Gasteiger charge is 2.46. The summed E-state index contributed by atoms with van der Waals surface area (Å²) in [4.78, 5) is 3.45. The zero-order valence-corrected chi connectivity index (χ0v) is 13.6. The molecule has 3 rings (SSSR count). The second kappa shape index (κ2) is 6.24. The smallest absolute Gasteiger partial charge is 0.192 e. The fourth-order valence-corrected chi connectivity index (χ4v) is 3.40. The van der Waals surface area contributed by atoms with Crippen molar-refractivity contribution >= 4 is 11.3 Å². The van der Waals surface area contributed by atoms with E-state index in [1.807, 2.05) is 0 Å². The second-order valence-electron chi connectivity index (χ2n) is 6.01. The van der Waals surface area contributed by atoms with Gasteiger partial charge in [0.05, 0.1) is 40.1 Å². The van der Waals surface area contributed by atoms with Crippen molar-refractivity contribution in [1.82, 2.24) is 0 Å². The van der Waals surface area contributed by atoms with Gasteiger partial charge < -0.3 is 0 Å². The number of rotatable bonds is 0. The summed E-state index contributed by atoms with van der Waals surface area (Å²) in [6.07, 6.45) is -8.11. The lowest BCUT2D eigenvalue weighted by atomic mass is 9.83. The molecule has 0 radical (unpaired) electrons. The highest BCUT2D eigenvalue weighted by atomic mass is 19.4. The Labute approximate surface area is 153 Å². The first-order chi connectivity index (χ1) is 13.0. The highest BCUT2D eigenvalue weighted by molar-refractivity contribution is 6.18. The number of hydrogen-bond acceptors (Lipinski definition) is 4. The third-order valence-electron chi connectivity index (χ3n) is 4.54. The van der Waals surface area contributed by atoms with Crippen LogP contribution in [0.5, 0.6) is 0 Å². The van der Waals surface area contributed by atoms with Crippen LogP contribution in [0.15, 0.2) is 34.3 Å². The van der Waals surface area contributed by atoms with Crippen LogP contribution in [0, 0.1) is 40.0 Å². The second-order valence-corrected chi connectivity index (χ2v) is 6.01. The van der Waals surface area contributed by atoms with Crippen LogP contribution in [0.1, 0.15) is 28.7 Å². The molecular weight excluding hydrogens is 386 g/mol. The highest BCUT2D eigenvalue weighted by Crippen LogP contribution is 2.49. The minimum atomic E-state index is -4.88. The number of aliphatic imine (C=N–C) groups is 1. The molecule has 10 heteroatoms. The standard InChI is InChI=1S/C18H6F6N4/c19-17(20,21)14-3-12-10(1-8(14)5-25)11-2-9(6-26)15(18(22,23)24)4-13(11)16(12)28-7-27/h1-3,13H,4H2/b28-16+. The molecule has 1 aromatic rings. The van der Waals surface area contributed by atoms with Gasteiger partial charge in [-0.15, -0.1) is 0 Å². The Kier molecular flexibility index (Phi) is 4.28. The summed E-state index contributed by atoms with van der Waals surface area (Å²) < 4.78 is 79.6. The maximum absolute atomic E-state index is 13.3. The first-order valence-corrected chi connectivity index (χ1v) is 7.57. The number of fused-ring (bicyclic) bond motifs is 3. The molecule has 2 aliphatic carbocycles. The Morgan fingerprint density at radius 1 is 0.929 bits per heavy atom. The van der Waals surface area contributed by atoms with E-state index in [9.17, 15) is 26.3 Å². The molecule has 28 heavy (non-hydrogen) atoms. The van der Waals surface area contributed by atoms with Crippen LogP contribution in [-0.4, -0.2) is 11.9 Å². The van der Waals surface area contributed by atoms with E-state index in [2.05, 4.69) is 4.99 Å². The predicted molar refractivity (Wildman–Crippen MR) is 83.1 cm³/mol. The molecule has 0 spiro atoms. The third-order valence-corrected chi connectivity index (χ3v) is 4.54. The van der Waals surface area contributed by atoms with Gasteiger partial charge in [-0.1, -0.05) is 0 Å². The van der Waals surface area contributed by atoms with E-state index in [-0.39, 0.29) is 22.4 Å². The molecule has 1 unspecified atom stereocenters. The van der Waals surface area contributed by atoms with Crippen molar-refractivity contribution in [3.05, 3.63) is 51.6 Å². The lowest BCUT2D eigenvalue weighted by molar-refractivity contribution is -0.137. The van der Waals surface area contributed by atoms with E-state index < -0.39 is 47.0 Å². The van der Waals surface area contributed by atoms with E-state index in [0.29, 0.717) is 6.07 Å². The average molecular weight is 392 g/mol. The molecule has 0 bridgehead atoms. The molecular formula is C18H6F6N4.